The van der Waals surface area contributed by atoms with Gasteiger partial charge in [0.2, 0.25) is 5.91 Å². The summed E-state index contributed by atoms with van der Waals surface area (Å²) >= 11 is 1.54. The lowest BCUT2D eigenvalue weighted by Crippen LogP contribution is -2.18. The zero-order valence-electron chi connectivity index (χ0n) is 10.3. The van der Waals surface area contributed by atoms with E-state index in [9.17, 15) is 4.79 Å². The molecule has 0 atom stereocenters. The van der Waals surface area contributed by atoms with E-state index in [4.69, 9.17) is 4.74 Å². The number of carbonyl (C=O) groups excluding carboxylic acids is 1. The minimum absolute atomic E-state index is 0.0513. The number of hydrogen-bond acceptors (Lipinski definition) is 3. The van der Waals surface area contributed by atoms with E-state index < -0.39 is 0 Å². The van der Waals surface area contributed by atoms with Crippen LogP contribution in [0.2, 0.25) is 0 Å². The second-order valence-corrected chi connectivity index (χ2v) is 5.29. The maximum Gasteiger partial charge on any atom is 0.234 e. The van der Waals surface area contributed by atoms with Crippen molar-refractivity contribution in [3.05, 3.63) is 54.1 Å². The number of rotatable bonds is 3. The molecule has 19 heavy (non-hydrogen) atoms. The lowest BCUT2D eigenvalue weighted by molar-refractivity contribution is -0.113. The van der Waals surface area contributed by atoms with Crippen LogP contribution in [0.5, 0.6) is 5.75 Å². The van der Waals surface area contributed by atoms with Crippen molar-refractivity contribution in [2.45, 2.75) is 11.5 Å². The minimum Gasteiger partial charge on any atom is -0.489 e. The minimum atomic E-state index is 0.0513. The van der Waals surface area contributed by atoms with Crippen molar-refractivity contribution < 1.29 is 9.53 Å². The number of carbonyl (C=O) groups is 1. The van der Waals surface area contributed by atoms with Gasteiger partial charge in [-0.25, -0.2) is 0 Å². The zero-order valence-corrected chi connectivity index (χ0v) is 11.1. The highest BCUT2D eigenvalue weighted by molar-refractivity contribution is 8.00. The van der Waals surface area contributed by atoms with E-state index in [2.05, 4.69) is 5.32 Å². The Morgan fingerprint density at radius 2 is 2.00 bits per heavy atom. The molecule has 0 spiro atoms. The van der Waals surface area contributed by atoms with Gasteiger partial charge in [-0.2, -0.15) is 0 Å². The highest BCUT2D eigenvalue weighted by atomic mass is 32.2. The normalized spacial score (nSPS) is 13.6. The van der Waals surface area contributed by atoms with Gasteiger partial charge in [0.05, 0.1) is 11.4 Å². The predicted octanol–water partition coefficient (Wildman–Crippen LogP) is 3.31. The molecule has 2 aromatic rings. The molecular weight excluding hydrogens is 258 g/mol. The summed E-state index contributed by atoms with van der Waals surface area (Å²) in [4.78, 5) is 12.3. The molecular formula is C15H13NO2S. The summed E-state index contributed by atoms with van der Waals surface area (Å²) in [7, 11) is 0. The van der Waals surface area contributed by atoms with E-state index in [0.717, 1.165) is 21.9 Å². The van der Waals surface area contributed by atoms with Gasteiger partial charge in [-0.15, -0.1) is 11.8 Å². The molecule has 96 valence electrons. The van der Waals surface area contributed by atoms with E-state index in [1.54, 1.807) is 11.8 Å². The van der Waals surface area contributed by atoms with Gasteiger partial charge in [0.1, 0.15) is 12.4 Å². The zero-order chi connectivity index (χ0) is 13.1. The fraction of sp³-hybridized carbons (Fsp3) is 0.133. The molecule has 1 heterocycles. The molecule has 1 aliphatic heterocycles. The lowest BCUT2D eigenvalue weighted by Gasteiger charge is -2.17. The smallest absolute Gasteiger partial charge is 0.234 e. The van der Waals surface area contributed by atoms with Gasteiger partial charge < -0.3 is 10.1 Å². The van der Waals surface area contributed by atoms with Crippen molar-refractivity contribution in [1.29, 1.82) is 0 Å². The first kappa shape index (κ1) is 12.1. The largest absolute Gasteiger partial charge is 0.489 e. The third kappa shape index (κ3) is 2.90. The van der Waals surface area contributed by atoms with Crippen LogP contribution in [0.25, 0.3) is 0 Å². The van der Waals surface area contributed by atoms with E-state index in [1.807, 2.05) is 48.5 Å². The van der Waals surface area contributed by atoms with Crippen molar-refractivity contribution in [3.63, 3.8) is 0 Å². The number of thioether (sulfide) groups is 1. The van der Waals surface area contributed by atoms with Crippen molar-refractivity contribution in [2.24, 2.45) is 0 Å². The Kier molecular flexibility index (Phi) is 3.42. The highest BCUT2D eigenvalue weighted by Crippen LogP contribution is 2.34. The molecule has 3 nitrogen and oxygen atoms in total. The Bertz CT molecular complexity index is 598. The van der Waals surface area contributed by atoms with Gasteiger partial charge in [0.25, 0.3) is 0 Å². The van der Waals surface area contributed by atoms with Gasteiger partial charge in [0, 0.05) is 4.90 Å². The van der Waals surface area contributed by atoms with Gasteiger partial charge >= 0.3 is 0 Å². The fourth-order valence-electron chi connectivity index (χ4n) is 1.89. The maximum atomic E-state index is 11.3. The molecule has 1 aliphatic rings. The second kappa shape index (κ2) is 5.36. The SMILES string of the molecule is O=C1CSc2cc(OCc3ccccc3)ccc2N1. The van der Waals surface area contributed by atoms with Crippen LogP contribution < -0.4 is 10.1 Å². The molecule has 0 bridgehead atoms. The van der Waals surface area contributed by atoms with Crippen molar-refractivity contribution in [2.75, 3.05) is 11.1 Å². The molecule has 0 fully saturated rings. The molecule has 1 amide bonds. The molecule has 1 N–H and O–H groups in total. The van der Waals surface area contributed by atoms with Crippen LogP contribution in [0, 0.1) is 0 Å². The summed E-state index contributed by atoms with van der Waals surface area (Å²) in [5, 5.41) is 2.85. The molecule has 4 heteroatoms. The molecule has 0 radical (unpaired) electrons. The Labute approximate surface area is 116 Å². The van der Waals surface area contributed by atoms with Crippen molar-refractivity contribution in [1.82, 2.24) is 0 Å². The second-order valence-electron chi connectivity index (χ2n) is 4.27. The average Bonchev–Trinajstić information content (AvgIpc) is 2.46. The van der Waals surface area contributed by atoms with E-state index in [0.29, 0.717) is 12.4 Å². The predicted molar refractivity (Wildman–Crippen MR) is 76.6 cm³/mol. The summed E-state index contributed by atoms with van der Waals surface area (Å²) in [5.41, 5.74) is 2.01. The molecule has 0 saturated heterocycles. The molecule has 2 aromatic carbocycles. The molecule has 3 rings (SSSR count). The Morgan fingerprint density at radius 1 is 1.16 bits per heavy atom. The van der Waals surface area contributed by atoms with Crippen LogP contribution in [0.4, 0.5) is 5.69 Å². The number of amides is 1. The van der Waals surface area contributed by atoms with Gasteiger partial charge in [-0.1, -0.05) is 30.3 Å². The average molecular weight is 271 g/mol. The third-order valence-electron chi connectivity index (χ3n) is 2.83. The standard InChI is InChI=1S/C15H13NO2S/c17-15-10-19-14-8-12(6-7-13(14)16-15)18-9-11-4-2-1-3-5-11/h1-8H,9-10H2,(H,16,17). The van der Waals surface area contributed by atoms with Gasteiger partial charge in [0.15, 0.2) is 0 Å². The first-order valence-electron chi connectivity index (χ1n) is 6.05. The lowest BCUT2D eigenvalue weighted by atomic mass is 10.2. The van der Waals surface area contributed by atoms with Gasteiger partial charge in [-0.3, -0.25) is 4.79 Å². The first-order chi connectivity index (χ1) is 9.31. The maximum absolute atomic E-state index is 11.3. The monoisotopic (exact) mass is 271 g/mol. The third-order valence-corrected chi connectivity index (χ3v) is 3.89. The number of hydrogen-bond donors (Lipinski definition) is 1. The van der Waals surface area contributed by atoms with E-state index >= 15 is 0 Å². The highest BCUT2D eigenvalue weighted by Gasteiger charge is 2.15. The summed E-state index contributed by atoms with van der Waals surface area (Å²) in [6.07, 6.45) is 0. The fourth-order valence-corrected chi connectivity index (χ4v) is 2.72. The number of benzene rings is 2. The molecule has 0 aromatic heterocycles. The van der Waals surface area contributed by atoms with Crippen molar-refractivity contribution in [3.8, 4) is 5.75 Å². The van der Waals surface area contributed by atoms with Crippen LogP contribution >= 0.6 is 11.8 Å². The Balaban J connectivity index is 1.71. The molecule has 0 aliphatic carbocycles. The summed E-state index contributed by atoms with van der Waals surface area (Å²) in [5.74, 6) is 1.34. The number of fused-ring (bicyclic) bond motifs is 1. The summed E-state index contributed by atoms with van der Waals surface area (Å²) in [6, 6.07) is 15.8. The number of anilines is 1. The summed E-state index contributed by atoms with van der Waals surface area (Å²) in [6.45, 7) is 0.552. The quantitative estimate of drug-likeness (QED) is 0.930. The number of nitrogens with one attached hydrogen (secondary N) is 1. The Hall–Kier alpha value is -1.94. The summed E-state index contributed by atoms with van der Waals surface area (Å²) < 4.78 is 5.76. The van der Waals surface area contributed by atoms with Crippen LogP contribution in [0.3, 0.4) is 0 Å². The molecule has 0 saturated carbocycles. The number of ether oxygens (including phenoxy) is 1. The van der Waals surface area contributed by atoms with Crippen LogP contribution in [-0.4, -0.2) is 11.7 Å². The van der Waals surface area contributed by atoms with E-state index in [1.165, 1.54) is 0 Å². The van der Waals surface area contributed by atoms with Crippen LogP contribution in [0.15, 0.2) is 53.4 Å². The topological polar surface area (TPSA) is 38.3 Å². The van der Waals surface area contributed by atoms with E-state index in [-0.39, 0.29) is 5.91 Å². The Morgan fingerprint density at radius 3 is 2.84 bits per heavy atom. The first-order valence-corrected chi connectivity index (χ1v) is 7.03. The van der Waals surface area contributed by atoms with Gasteiger partial charge in [-0.05, 0) is 23.8 Å². The van der Waals surface area contributed by atoms with Crippen LogP contribution in [-0.2, 0) is 11.4 Å². The van der Waals surface area contributed by atoms with Crippen molar-refractivity contribution >= 4 is 23.4 Å². The molecule has 0 unspecified atom stereocenters. The van der Waals surface area contributed by atoms with Crippen LogP contribution in [0.1, 0.15) is 5.56 Å².